The molecule has 0 N–H and O–H groups in total. The van der Waals surface area contributed by atoms with Crippen molar-refractivity contribution in [3.8, 4) is 5.75 Å². The average molecular weight is 283 g/mol. The number of halogens is 2. The van der Waals surface area contributed by atoms with Crippen LogP contribution < -0.4 is 4.52 Å². The van der Waals surface area contributed by atoms with Crippen molar-refractivity contribution in [3.63, 3.8) is 0 Å². The van der Waals surface area contributed by atoms with Crippen LogP contribution in [0.2, 0.25) is 0 Å². The highest BCUT2D eigenvalue weighted by Crippen LogP contribution is 2.51. The first-order valence-electron chi connectivity index (χ1n) is 3.73. The molecule has 1 rings (SSSR count). The Labute approximate surface area is 90.6 Å². The summed E-state index contributed by atoms with van der Waals surface area (Å²) in [7, 11) is 0. The summed E-state index contributed by atoms with van der Waals surface area (Å²) in [5, 5.41) is 0.570. The van der Waals surface area contributed by atoms with Crippen LogP contribution >= 0.6 is 33.9 Å². The van der Waals surface area contributed by atoms with Gasteiger partial charge in [0.1, 0.15) is 5.75 Å². The Bertz CT molecular complexity index is 304. The molecule has 0 aromatic heterocycles. The Hall–Kier alpha value is 0.0200. The number of para-hydroxylation sites is 1. The van der Waals surface area contributed by atoms with Crippen LogP contribution in [0.1, 0.15) is 0 Å². The number of rotatable bonds is 4. The Morgan fingerprint density at radius 1 is 1.38 bits per heavy atom. The molecule has 1 aromatic rings. The molecule has 0 amide bonds. The van der Waals surface area contributed by atoms with E-state index in [-0.39, 0.29) is 0 Å². The summed E-state index contributed by atoms with van der Waals surface area (Å²) < 4.78 is 16.6. The molecule has 0 spiro atoms. The van der Waals surface area contributed by atoms with Crippen LogP contribution in [0.15, 0.2) is 30.3 Å². The van der Waals surface area contributed by atoms with Crippen LogP contribution in [0.25, 0.3) is 0 Å². The third-order valence-corrected chi connectivity index (χ3v) is 4.30. The van der Waals surface area contributed by atoms with Crippen molar-refractivity contribution in [2.45, 2.75) is 0 Å². The van der Waals surface area contributed by atoms with Crippen molar-refractivity contribution in [2.75, 3.05) is 11.5 Å². The predicted octanol–water partition coefficient (Wildman–Crippen LogP) is 3.89. The highest BCUT2D eigenvalue weighted by atomic mass is 79.9. The van der Waals surface area contributed by atoms with Gasteiger partial charge in [-0.3, -0.25) is 4.57 Å². The van der Waals surface area contributed by atoms with Gasteiger partial charge in [-0.25, -0.2) is 0 Å². The van der Waals surface area contributed by atoms with Crippen LogP contribution in [-0.4, -0.2) is 11.5 Å². The van der Waals surface area contributed by atoms with Gasteiger partial charge in [0.05, 0.1) is 6.16 Å². The van der Waals surface area contributed by atoms with Crippen LogP contribution in [0.3, 0.4) is 0 Å². The van der Waals surface area contributed by atoms with E-state index in [1.54, 1.807) is 24.3 Å². The summed E-state index contributed by atoms with van der Waals surface area (Å²) in [6.07, 6.45) is 0.323. The van der Waals surface area contributed by atoms with Crippen molar-refractivity contribution >= 4 is 33.9 Å². The largest absolute Gasteiger partial charge is 0.433 e. The van der Waals surface area contributed by atoms with E-state index >= 15 is 0 Å². The molecule has 0 radical (unpaired) electrons. The fourth-order valence-electron chi connectivity index (χ4n) is 0.785. The molecule has 0 fully saturated rings. The first-order valence-corrected chi connectivity index (χ1v) is 7.57. The minimum Gasteiger partial charge on any atom is -0.433 e. The molecule has 0 heterocycles. The van der Waals surface area contributed by atoms with Crippen molar-refractivity contribution < 1.29 is 9.09 Å². The highest BCUT2D eigenvalue weighted by Gasteiger charge is 2.19. The van der Waals surface area contributed by atoms with E-state index in [9.17, 15) is 4.57 Å². The first-order chi connectivity index (χ1) is 6.14. The lowest BCUT2D eigenvalue weighted by Crippen LogP contribution is -1.92. The van der Waals surface area contributed by atoms with Crippen LogP contribution in [-0.2, 0) is 4.57 Å². The van der Waals surface area contributed by atoms with Crippen molar-refractivity contribution in [2.24, 2.45) is 0 Å². The van der Waals surface area contributed by atoms with E-state index in [1.807, 2.05) is 6.07 Å². The first kappa shape index (κ1) is 11.1. The molecule has 0 bridgehead atoms. The maximum absolute atomic E-state index is 11.5. The van der Waals surface area contributed by atoms with Crippen LogP contribution in [0, 0.1) is 0 Å². The molecule has 13 heavy (non-hydrogen) atoms. The van der Waals surface area contributed by atoms with Gasteiger partial charge >= 0.3 is 6.72 Å². The van der Waals surface area contributed by atoms with E-state index < -0.39 is 6.72 Å². The standard InChI is InChI=1S/C8H9BrClO2P/c9-6-7-13(10,11)12-8-4-2-1-3-5-8/h1-5H,6-7H2. The smallest absolute Gasteiger partial charge is 0.337 e. The fourth-order valence-corrected chi connectivity index (χ4v) is 4.02. The Morgan fingerprint density at radius 3 is 2.54 bits per heavy atom. The van der Waals surface area contributed by atoms with Crippen molar-refractivity contribution in [1.82, 2.24) is 0 Å². The van der Waals surface area contributed by atoms with Crippen LogP contribution in [0.4, 0.5) is 0 Å². The fraction of sp³-hybridized carbons (Fsp3) is 0.250. The van der Waals surface area contributed by atoms with Gasteiger partial charge in [0.2, 0.25) is 0 Å². The molecule has 0 aliphatic carbocycles. The second kappa shape index (κ2) is 5.04. The second-order valence-corrected chi connectivity index (χ2v) is 6.56. The zero-order valence-corrected chi connectivity index (χ0v) is 10.1. The number of benzene rings is 1. The van der Waals surface area contributed by atoms with Crippen molar-refractivity contribution in [1.29, 1.82) is 0 Å². The summed E-state index contributed by atoms with van der Waals surface area (Å²) in [5.74, 6) is 0.543. The maximum Gasteiger partial charge on any atom is 0.337 e. The molecule has 72 valence electrons. The zero-order chi connectivity index (χ0) is 9.73. The minimum atomic E-state index is -2.99. The summed E-state index contributed by atoms with van der Waals surface area (Å²) >= 11 is 8.84. The van der Waals surface area contributed by atoms with Gasteiger partial charge < -0.3 is 4.52 Å². The van der Waals surface area contributed by atoms with Crippen molar-refractivity contribution in [3.05, 3.63) is 30.3 Å². The Balaban J connectivity index is 2.64. The topological polar surface area (TPSA) is 26.3 Å². The molecular weight excluding hydrogens is 274 g/mol. The van der Waals surface area contributed by atoms with E-state index in [0.717, 1.165) is 0 Å². The van der Waals surface area contributed by atoms with Crippen LogP contribution in [0.5, 0.6) is 5.75 Å². The number of hydrogen-bond acceptors (Lipinski definition) is 2. The quantitative estimate of drug-likeness (QED) is 0.619. The summed E-state index contributed by atoms with van der Waals surface area (Å²) in [6, 6.07) is 8.92. The van der Waals surface area contributed by atoms with E-state index in [2.05, 4.69) is 15.9 Å². The minimum absolute atomic E-state index is 0.323. The van der Waals surface area contributed by atoms with E-state index in [0.29, 0.717) is 17.2 Å². The molecule has 0 saturated carbocycles. The molecule has 1 aromatic carbocycles. The van der Waals surface area contributed by atoms with Gasteiger partial charge in [0.15, 0.2) is 0 Å². The molecule has 0 aliphatic heterocycles. The highest BCUT2D eigenvalue weighted by molar-refractivity contribution is 9.09. The molecule has 2 nitrogen and oxygen atoms in total. The third kappa shape index (κ3) is 4.17. The predicted molar refractivity (Wildman–Crippen MR) is 59.2 cm³/mol. The zero-order valence-electron chi connectivity index (χ0n) is 6.82. The number of alkyl halides is 1. The lowest BCUT2D eigenvalue weighted by molar-refractivity contribution is 0.499. The lowest BCUT2D eigenvalue weighted by atomic mass is 10.3. The molecule has 1 atom stereocenters. The van der Waals surface area contributed by atoms with Gasteiger partial charge in [0, 0.05) is 5.33 Å². The van der Waals surface area contributed by atoms with Gasteiger partial charge in [-0.15, -0.1) is 0 Å². The Morgan fingerprint density at radius 2 is 2.00 bits per heavy atom. The van der Waals surface area contributed by atoms with Gasteiger partial charge in [-0.1, -0.05) is 34.1 Å². The molecule has 5 heteroatoms. The summed E-state index contributed by atoms with van der Waals surface area (Å²) in [4.78, 5) is 0. The maximum atomic E-state index is 11.5. The second-order valence-electron chi connectivity index (χ2n) is 2.41. The monoisotopic (exact) mass is 282 g/mol. The van der Waals surface area contributed by atoms with Gasteiger partial charge in [-0.05, 0) is 23.4 Å². The van der Waals surface area contributed by atoms with Gasteiger partial charge in [0.25, 0.3) is 0 Å². The Kier molecular flexibility index (Phi) is 4.30. The normalized spacial score (nSPS) is 14.9. The number of hydrogen-bond donors (Lipinski definition) is 0. The molecule has 1 unspecified atom stereocenters. The lowest BCUT2D eigenvalue weighted by Gasteiger charge is -2.10. The molecular formula is C8H9BrClO2P. The molecule has 0 saturated heterocycles. The summed E-state index contributed by atoms with van der Waals surface area (Å²) in [6.45, 7) is -2.99. The van der Waals surface area contributed by atoms with Gasteiger partial charge in [-0.2, -0.15) is 0 Å². The third-order valence-electron chi connectivity index (χ3n) is 1.34. The summed E-state index contributed by atoms with van der Waals surface area (Å²) in [5.41, 5.74) is 0. The average Bonchev–Trinajstić information content (AvgIpc) is 2.04. The SMILES string of the molecule is O=P(Cl)(CCBr)Oc1ccccc1. The van der Waals surface area contributed by atoms with E-state index in [4.69, 9.17) is 15.8 Å². The molecule has 0 aliphatic rings. The van der Waals surface area contributed by atoms with E-state index in [1.165, 1.54) is 0 Å².